The maximum Gasteiger partial charge on any atom is 1.00 e. The number of carbonyl (C=O) groups is 2. The number of hydrogen-bond acceptors (Lipinski definition) is 3. The summed E-state index contributed by atoms with van der Waals surface area (Å²) in [5.74, 6) is -2.53. The molecule has 0 rings (SSSR count). The molecule has 0 aromatic carbocycles. The number of hydrogen-bond donors (Lipinski definition) is 1. The fourth-order valence-corrected chi connectivity index (χ4v) is 1.06. The molecule has 0 aromatic heterocycles. The Morgan fingerprint density at radius 3 is 2.33 bits per heavy atom. The molecule has 5 heteroatoms. The number of carboxylic acid groups (broad SMARTS) is 2. The summed E-state index contributed by atoms with van der Waals surface area (Å²) < 4.78 is 0. The molecule has 0 atom stereocenters. The van der Waals surface area contributed by atoms with Crippen LogP contribution in [0.15, 0.2) is 11.6 Å². The van der Waals surface area contributed by atoms with E-state index in [-0.39, 0.29) is 35.1 Å². The molecule has 0 aliphatic rings. The second kappa shape index (κ2) is 10.2. The van der Waals surface area contributed by atoms with Gasteiger partial charge in [0.1, 0.15) is 0 Å². The van der Waals surface area contributed by atoms with Gasteiger partial charge in [-0.25, -0.2) is 4.79 Å². The van der Waals surface area contributed by atoms with Crippen LogP contribution in [0.25, 0.3) is 0 Å². The molecule has 0 unspecified atom stereocenters. The Morgan fingerprint density at radius 2 is 1.93 bits per heavy atom. The summed E-state index contributed by atoms with van der Waals surface area (Å²) in [7, 11) is 0. The summed E-state index contributed by atoms with van der Waals surface area (Å²) in [6.45, 7) is 2.04. The third-order valence-electron chi connectivity index (χ3n) is 1.81. The van der Waals surface area contributed by atoms with Crippen LogP contribution < -0.4 is 34.7 Å². The molecule has 0 fully saturated rings. The van der Waals surface area contributed by atoms with Crippen molar-refractivity contribution in [1.29, 1.82) is 0 Å². The van der Waals surface area contributed by atoms with Crippen molar-refractivity contribution >= 4 is 11.9 Å². The maximum atomic E-state index is 10.5. The average molecular weight is 222 g/mol. The second-order valence-electron chi connectivity index (χ2n) is 3.08. The Morgan fingerprint density at radius 1 is 1.33 bits per heavy atom. The Balaban J connectivity index is 0. The Kier molecular flexibility index (Phi) is 11.6. The molecular weight excluding hydrogens is 207 g/mol. The Labute approximate surface area is 112 Å². The van der Waals surface area contributed by atoms with Gasteiger partial charge >= 0.3 is 35.5 Å². The van der Waals surface area contributed by atoms with Gasteiger partial charge in [-0.2, -0.15) is 0 Å². The standard InChI is InChI=1S/C10H16O4.Na/c1-2-3-4-5-6-8(10(13)14)7-9(11)12;/h6H,2-5,7H2,1H3,(H,11,12)(H,13,14);/q;+1/p-1/b8-6-;. The fraction of sp³-hybridized carbons (Fsp3) is 0.600. The Bertz CT molecular complexity index is 236. The van der Waals surface area contributed by atoms with Gasteiger partial charge in [-0.3, -0.25) is 0 Å². The molecule has 0 amide bonds. The predicted molar refractivity (Wildman–Crippen MR) is 49.5 cm³/mol. The molecule has 0 aliphatic heterocycles. The zero-order valence-electron chi connectivity index (χ0n) is 9.28. The first-order chi connectivity index (χ1) is 6.57. The van der Waals surface area contributed by atoms with Crippen LogP contribution in [0.3, 0.4) is 0 Å². The molecule has 1 N–H and O–H groups in total. The molecule has 0 aliphatic carbocycles. The van der Waals surface area contributed by atoms with Crippen molar-refractivity contribution in [1.82, 2.24) is 0 Å². The van der Waals surface area contributed by atoms with Crippen molar-refractivity contribution in [3.63, 3.8) is 0 Å². The van der Waals surface area contributed by atoms with E-state index in [1.165, 1.54) is 6.08 Å². The quantitative estimate of drug-likeness (QED) is 0.299. The third-order valence-corrected chi connectivity index (χ3v) is 1.81. The van der Waals surface area contributed by atoms with Crippen LogP contribution >= 0.6 is 0 Å². The van der Waals surface area contributed by atoms with Crippen molar-refractivity contribution in [2.24, 2.45) is 0 Å². The van der Waals surface area contributed by atoms with E-state index >= 15 is 0 Å². The van der Waals surface area contributed by atoms with E-state index in [2.05, 4.69) is 0 Å². The van der Waals surface area contributed by atoms with E-state index in [1.54, 1.807) is 0 Å². The van der Waals surface area contributed by atoms with Crippen molar-refractivity contribution in [2.45, 2.75) is 39.0 Å². The normalized spacial score (nSPS) is 10.6. The van der Waals surface area contributed by atoms with Crippen LogP contribution in [0.2, 0.25) is 0 Å². The van der Waals surface area contributed by atoms with E-state index in [0.29, 0.717) is 6.42 Å². The molecule has 15 heavy (non-hydrogen) atoms. The summed E-state index contributed by atoms with van der Waals surface area (Å²) in [5, 5.41) is 18.8. The van der Waals surface area contributed by atoms with Gasteiger partial charge in [0.15, 0.2) is 0 Å². The molecule has 0 radical (unpaired) electrons. The first-order valence-corrected chi connectivity index (χ1v) is 4.70. The number of unbranched alkanes of at least 4 members (excludes halogenated alkanes) is 3. The van der Waals surface area contributed by atoms with Gasteiger partial charge < -0.3 is 15.0 Å². The molecule has 0 spiro atoms. The van der Waals surface area contributed by atoms with Gasteiger partial charge in [-0.05, 0) is 12.8 Å². The van der Waals surface area contributed by atoms with E-state index in [9.17, 15) is 14.7 Å². The van der Waals surface area contributed by atoms with E-state index in [1.807, 2.05) is 6.92 Å². The van der Waals surface area contributed by atoms with Crippen molar-refractivity contribution in [2.75, 3.05) is 0 Å². The average Bonchev–Trinajstić information content (AvgIpc) is 2.09. The first-order valence-electron chi connectivity index (χ1n) is 4.70. The van der Waals surface area contributed by atoms with Gasteiger partial charge in [0.2, 0.25) is 0 Å². The van der Waals surface area contributed by atoms with Crippen molar-refractivity contribution < 1.29 is 49.4 Å². The number of aliphatic carboxylic acids is 2. The fourth-order valence-electron chi connectivity index (χ4n) is 1.06. The molecular formula is C10H15NaO4. The third kappa shape index (κ3) is 9.97. The minimum Gasteiger partial charge on any atom is -0.550 e. The van der Waals surface area contributed by atoms with Crippen LogP contribution in [0.4, 0.5) is 0 Å². The van der Waals surface area contributed by atoms with Crippen LogP contribution in [-0.2, 0) is 9.59 Å². The zero-order chi connectivity index (χ0) is 11.0. The van der Waals surface area contributed by atoms with Crippen LogP contribution in [-0.4, -0.2) is 17.0 Å². The molecule has 0 saturated carbocycles. The Hall–Kier alpha value is -0.320. The molecule has 0 heterocycles. The first kappa shape index (κ1) is 17.1. The van der Waals surface area contributed by atoms with E-state index in [4.69, 9.17) is 5.11 Å². The van der Waals surface area contributed by atoms with Gasteiger partial charge in [-0.1, -0.05) is 25.8 Å². The van der Waals surface area contributed by atoms with Crippen LogP contribution in [0, 0.1) is 0 Å². The van der Waals surface area contributed by atoms with Crippen molar-refractivity contribution in [3.8, 4) is 0 Å². The summed E-state index contributed by atoms with van der Waals surface area (Å²) in [5.41, 5.74) is -0.0823. The number of allylic oxidation sites excluding steroid dienone is 1. The molecule has 4 nitrogen and oxygen atoms in total. The molecule has 0 aromatic rings. The largest absolute Gasteiger partial charge is 1.00 e. The minimum absolute atomic E-state index is 0. The monoisotopic (exact) mass is 222 g/mol. The summed E-state index contributed by atoms with van der Waals surface area (Å²) >= 11 is 0. The minimum atomic E-state index is -1.35. The predicted octanol–water partition coefficient (Wildman–Crippen LogP) is -2.28. The summed E-state index contributed by atoms with van der Waals surface area (Å²) in [4.78, 5) is 20.7. The molecule has 0 saturated heterocycles. The van der Waals surface area contributed by atoms with Gasteiger partial charge in [0.05, 0.1) is 0 Å². The zero-order valence-corrected chi connectivity index (χ0v) is 11.3. The second-order valence-corrected chi connectivity index (χ2v) is 3.08. The number of rotatable bonds is 7. The SMILES string of the molecule is CCCCC/C=C(/CC(=O)[O-])C(=O)O.[Na+]. The van der Waals surface area contributed by atoms with Gasteiger partial charge in [0.25, 0.3) is 0 Å². The maximum absolute atomic E-state index is 10.5. The van der Waals surface area contributed by atoms with Crippen molar-refractivity contribution in [3.05, 3.63) is 11.6 Å². The number of carboxylic acids is 2. The van der Waals surface area contributed by atoms with Crippen LogP contribution in [0.5, 0.6) is 0 Å². The smallest absolute Gasteiger partial charge is 0.550 e. The van der Waals surface area contributed by atoms with E-state index < -0.39 is 18.4 Å². The summed E-state index contributed by atoms with van der Waals surface area (Å²) in [6.07, 6.45) is 4.53. The summed E-state index contributed by atoms with van der Waals surface area (Å²) in [6, 6.07) is 0. The topological polar surface area (TPSA) is 77.4 Å². The van der Waals surface area contributed by atoms with Gasteiger partial charge in [0, 0.05) is 18.0 Å². The van der Waals surface area contributed by atoms with Gasteiger partial charge in [-0.15, -0.1) is 0 Å². The van der Waals surface area contributed by atoms with E-state index in [0.717, 1.165) is 19.3 Å². The molecule has 80 valence electrons. The van der Waals surface area contributed by atoms with Crippen LogP contribution in [0.1, 0.15) is 39.0 Å². The number of carbonyl (C=O) groups excluding carboxylic acids is 1. The molecule has 0 bridgehead atoms.